The highest BCUT2D eigenvalue weighted by atomic mass is 35.5. The molecule has 0 unspecified atom stereocenters. The van der Waals surface area contributed by atoms with Crippen LogP contribution in [0.5, 0.6) is 0 Å². The second kappa shape index (κ2) is 4.42. The van der Waals surface area contributed by atoms with Crippen LogP contribution in [-0.4, -0.2) is 12.5 Å². The molecule has 1 aliphatic rings. The van der Waals surface area contributed by atoms with E-state index in [9.17, 15) is 22.4 Å². The molecule has 0 radical (unpaired) electrons. The van der Waals surface area contributed by atoms with E-state index in [4.69, 9.17) is 11.6 Å². The van der Waals surface area contributed by atoms with Gasteiger partial charge in [0.1, 0.15) is 5.82 Å². The molecule has 2 rings (SSSR count). The molecule has 0 aromatic heterocycles. The Kier molecular flexibility index (Phi) is 3.23. The molecule has 1 aromatic carbocycles. The van der Waals surface area contributed by atoms with E-state index in [2.05, 4.69) is 0 Å². The number of rotatable bonds is 1. The standard InChI is InChI=1S/C11H8ClF4NO/c12-7-4-6(11(14,15)16)5-8(13)10(7)17-3-1-2-9(17)18/h4-5H,1-3H2. The Balaban J connectivity index is 2.48. The summed E-state index contributed by atoms with van der Waals surface area (Å²) in [7, 11) is 0. The van der Waals surface area contributed by atoms with Crippen LogP contribution in [0.25, 0.3) is 0 Å². The molecule has 1 amide bonds. The lowest BCUT2D eigenvalue weighted by Crippen LogP contribution is -2.25. The molecule has 0 bridgehead atoms. The summed E-state index contributed by atoms with van der Waals surface area (Å²) in [5, 5.41) is -0.405. The predicted molar refractivity (Wildman–Crippen MR) is 58.0 cm³/mol. The average Bonchev–Trinajstić information content (AvgIpc) is 2.62. The molecule has 1 fully saturated rings. The Hall–Kier alpha value is -1.30. The van der Waals surface area contributed by atoms with Crippen LogP contribution in [0.4, 0.5) is 23.2 Å². The normalized spacial score (nSPS) is 16.5. The zero-order valence-corrected chi connectivity index (χ0v) is 9.78. The lowest BCUT2D eigenvalue weighted by atomic mass is 10.1. The summed E-state index contributed by atoms with van der Waals surface area (Å²) in [4.78, 5) is 12.5. The fourth-order valence-corrected chi connectivity index (χ4v) is 2.18. The summed E-state index contributed by atoms with van der Waals surface area (Å²) in [5.74, 6) is -1.47. The van der Waals surface area contributed by atoms with Gasteiger partial charge in [-0.2, -0.15) is 13.2 Å². The molecule has 1 heterocycles. The maximum atomic E-state index is 13.7. The van der Waals surface area contributed by atoms with Gasteiger partial charge in [-0.1, -0.05) is 11.6 Å². The van der Waals surface area contributed by atoms with Crippen molar-refractivity contribution in [3.63, 3.8) is 0 Å². The highest BCUT2D eigenvalue weighted by Gasteiger charge is 2.34. The van der Waals surface area contributed by atoms with E-state index in [0.29, 0.717) is 18.6 Å². The Morgan fingerprint density at radius 1 is 1.28 bits per heavy atom. The molecule has 2 nitrogen and oxygen atoms in total. The molecule has 7 heteroatoms. The average molecular weight is 282 g/mol. The van der Waals surface area contributed by atoms with Gasteiger partial charge in [-0.15, -0.1) is 0 Å². The fraction of sp³-hybridized carbons (Fsp3) is 0.364. The van der Waals surface area contributed by atoms with Crippen molar-refractivity contribution in [1.82, 2.24) is 0 Å². The molecular formula is C11H8ClF4NO. The van der Waals surface area contributed by atoms with Crippen molar-refractivity contribution in [2.45, 2.75) is 19.0 Å². The van der Waals surface area contributed by atoms with Crippen molar-refractivity contribution in [2.75, 3.05) is 11.4 Å². The van der Waals surface area contributed by atoms with Gasteiger partial charge in [0.2, 0.25) is 5.91 Å². The van der Waals surface area contributed by atoms with Gasteiger partial charge in [0.25, 0.3) is 0 Å². The molecule has 0 N–H and O–H groups in total. The number of hydrogen-bond acceptors (Lipinski definition) is 1. The number of hydrogen-bond donors (Lipinski definition) is 0. The number of carbonyl (C=O) groups excluding carboxylic acids is 1. The number of anilines is 1. The van der Waals surface area contributed by atoms with Crippen LogP contribution in [-0.2, 0) is 11.0 Å². The number of amides is 1. The molecule has 98 valence electrons. The zero-order valence-electron chi connectivity index (χ0n) is 9.02. The lowest BCUT2D eigenvalue weighted by molar-refractivity contribution is -0.137. The number of nitrogens with zero attached hydrogens (tertiary/aromatic N) is 1. The number of carbonyl (C=O) groups is 1. The minimum absolute atomic E-state index is 0.247. The van der Waals surface area contributed by atoms with Crippen molar-refractivity contribution in [1.29, 1.82) is 0 Å². The number of benzene rings is 1. The Bertz CT molecular complexity index is 477. The largest absolute Gasteiger partial charge is 0.416 e. The van der Waals surface area contributed by atoms with Crippen LogP contribution in [0, 0.1) is 5.82 Å². The predicted octanol–water partition coefficient (Wildman–Crippen LogP) is 3.62. The molecule has 1 aromatic rings. The van der Waals surface area contributed by atoms with Crippen molar-refractivity contribution in [2.24, 2.45) is 0 Å². The van der Waals surface area contributed by atoms with Gasteiger partial charge in [0.05, 0.1) is 16.3 Å². The van der Waals surface area contributed by atoms with Crippen LogP contribution in [0.3, 0.4) is 0 Å². The van der Waals surface area contributed by atoms with Crippen LogP contribution in [0.2, 0.25) is 5.02 Å². The van der Waals surface area contributed by atoms with Gasteiger partial charge in [-0.05, 0) is 18.6 Å². The van der Waals surface area contributed by atoms with Gasteiger partial charge >= 0.3 is 6.18 Å². The van der Waals surface area contributed by atoms with Crippen molar-refractivity contribution >= 4 is 23.2 Å². The first-order valence-corrected chi connectivity index (χ1v) is 5.55. The molecule has 0 aliphatic carbocycles. The van der Waals surface area contributed by atoms with E-state index in [1.54, 1.807) is 0 Å². The van der Waals surface area contributed by atoms with Crippen LogP contribution < -0.4 is 4.90 Å². The molecule has 0 spiro atoms. The highest BCUT2D eigenvalue weighted by molar-refractivity contribution is 6.34. The SMILES string of the molecule is O=C1CCCN1c1c(F)cc(C(F)(F)F)cc1Cl. The van der Waals surface area contributed by atoms with Crippen molar-refractivity contribution in [3.8, 4) is 0 Å². The van der Waals surface area contributed by atoms with Crippen LogP contribution >= 0.6 is 11.6 Å². The second-order valence-corrected chi connectivity index (χ2v) is 4.34. The van der Waals surface area contributed by atoms with Gasteiger partial charge in [-0.25, -0.2) is 4.39 Å². The van der Waals surface area contributed by atoms with E-state index < -0.39 is 22.6 Å². The monoisotopic (exact) mass is 281 g/mol. The minimum Gasteiger partial charge on any atom is -0.308 e. The number of alkyl halides is 3. The highest BCUT2D eigenvalue weighted by Crippen LogP contribution is 2.38. The zero-order chi connectivity index (χ0) is 13.5. The Labute approximate surface area is 105 Å². The van der Waals surface area contributed by atoms with Gasteiger partial charge < -0.3 is 4.90 Å². The van der Waals surface area contributed by atoms with Crippen LogP contribution in [0.1, 0.15) is 18.4 Å². The van der Waals surface area contributed by atoms with E-state index in [1.807, 2.05) is 0 Å². The summed E-state index contributed by atoms with van der Waals surface area (Å²) < 4.78 is 51.0. The molecule has 0 saturated carbocycles. The van der Waals surface area contributed by atoms with E-state index in [-0.39, 0.29) is 24.6 Å². The first-order valence-electron chi connectivity index (χ1n) is 5.17. The first kappa shape index (κ1) is 13.1. The van der Waals surface area contributed by atoms with Crippen molar-refractivity contribution < 1.29 is 22.4 Å². The van der Waals surface area contributed by atoms with E-state index in [0.717, 1.165) is 4.90 Å². The van der Waals surface area contributed by atoms with Crippen LogP contribution in [0.15, 0.2) is 12.1 Å². The Morgan fingerprint density at radius 2 is 1.94 bits per heavy atom. The summed E-state index contributed by atoms with van der Waals surface area (Å²) in [5.41, 5.74) is -1.44. The van der Waals surface area contributed by atoms with Gasteiger partial charge in [-0.3, -0.25) is 4.79 Å². The maximum Gasteiger partial charge on any atom is 0.416 e. The summed E-state index contributed by atoms with van der Waals surface area (Å²) in [6.07, 6.45) is -3.88. The molecule has 1 saturated heterocycles. The minimum atomic E-state index is -4.67. The fourth-order valence-electron chi connectivity index (χ4n) is 1.87. The number of halogens is 5. The molecule has 1 aliphatic heterocycles. The summed E-state index contributed by atoms with van der Waals surface area (Å²) >= 11 is 5.65. The van der Waals surface area contributed by atoms with Gasteiger partial charge in [0, 0.05) is 13.0 Å². The van der Waals surface area contributed by atoms with Crippen molar-refractivity contribution in [3.05, 3.63) is 28.5 Å². The quantitative estimate of drug-likeness (QED) is 0.720. The Morgan fingerprint density at radius 3 is 2.39 bits per heavy atom. The van der Waals surface area contributed by atoms with E-state index >= 15 is 0 Å². The second-order valence-electron chi connectivity index (χ2n) is 3.94. The third-order valence-electron chi connectivity index (χ3n) is 2.69. The van der Waals surface area contributed by atoms with E-state index in [1.165, 1.54) is 0 Å². The summed E-state index contributed by atoms with van der Waals surface area (Å²) in [6, 6.07) is 0.985. The summed E-state index contributed by atoms with van der Waals surface area (Å²) in [6.45, 7) is 0.265. The first-order chi connectivity index (χ1) is 8.30. The molecular weight excluding hydrogens is 274 g/mol. The molecule has 0 atom stereocenters. The lowest BCUT2D eigenvalue weighted by Gasteiger charge is -2.19. The third kappa shape index (κ3) is 2.29. The smallest absolute Gasteiger partial charge is 0.308 e. The van der Waals surface area contributed by atoms with Gasteiger partial charge in [0.15, 0.2) is 0 Å². The molecule has 18 heavy (non-hydrogen) atoms. The maximum absolute atomic E-state index is 13.7. The topological polar surface area (TPSA) is 20.3 Å². The third-order valence-corrected chi connectivity index (χ3v) is 2.98.